The summed E-state index contributed by atoms with van der Waals surface area (Å²) in [4.78, 5) is 38.5. The van der Waals surface area contributed by atoms with E-state index in [1.807, 2.05) is 48.3 Å². The number of aromatic nitrogens is 1. The summed E-state index contributed by atoms with van der Waals surface area (Å²) in [5.41, 5.74) is 1.15. The van der Waals surface area contributed by atoms with Crippen LogP contribution in [0, 0.1) is 0 Å². The lowest BCUT2D eigenvalue weighted by Gasteiger charge is -2.42. The maximum Gasteiger partial charge on any atom is 0.254 e. The number of rotatable bonds is 4. The molecular weight excluding hydrogens is 496 g/mol. The van der Waals surface area contributed by atoms with E-state index >= 15 is 0 Å². The van der Waals surface area contributed by atoms with Gasteiger partial charge >= 0.3 is 0 Å². The van der Waals surface area contributed by atoms with Gasteiger partial charge in [-0.1, -0.05) is 24.0 Å². The molecule has 3 aliphatic rings. The van der Waals surface area contributed by atoms with Crippen LogP contribution in [-0.2, 0) is 21.7 Å². The van der Waals surface area contributed by atoms with Crippen LogP contribution in [0.2, 0.25) is 0 Å². The zero-order valence-electron chi connectivity index (χ0n) is 20.0. The maximum absolute atomic E-state index is 14.7. The Hall–Kier alpha value is -3.21. The van der Waals surface area contributed by atoms with E-state index in [0.29, 0.717) is 22.4 Å². The molecule has 0 radical (unpaired) electrons. The number of thiocarbonyl (C=S) groups is 1. The molecule has 3 aromatic rings. The number of nitrogens with zero attached hydrogens (tertiary/aromatic N) is 4. The van der Waals surface area contributed by atoms with Crippen LogP contribution in [0.25, 0.3) is 0 Å². The van der Waals surface area contributed by atoms with Crippen molar-refractivity contribution < 1.29 is 18.7 Å². The molecule has 0 N–H and O–H groups in total. The van der Waals surface area contributed by atoms with Crippen molar-refractivity contribution in [2.45, 2.75) is 22.7 Å². The fourth-order valence-corrected chi connectivity index (χ4v) is 8.22. The number of ether oxygens (including phenoxy) is 1. The lowest BCUT2D eigenvalue weighted by atomic mass is 9.72. The topological polar surface area (TPSA) is 79.1 Å². The Morgan fingerprint density at radius 3 is 2.64 bits per heavy atom. The molecule has 0 saturated carbocycles. The molecule has 8 nitrogen and oxygen atoms in total. The highest BCUT2D eigenvalue weighted by molar-refractivity contribution is 8.25. The molecule has 0 bridgehead atoms. The van der Waals surface area contributed by atoms with Crippen LogP contribution >= 0.6 is 24.0 Å². The zero-order chi connectivity index (χ0) is 25.2. The minimum Gasteiger partial charge on any atom is -0.497 e. The van der Waals surface area contributed by atoms with E-state index in [1.165, 1.54) is 11.8 Å². The van der Waals surface area contributed by atoms with E-state index < -0.39 is 10.3 Å². The smallest absolute Gasteiger partial charge is 0.254 e. The number of carbonyl (C=O) groups excluding carboxylic acids is 2. The minimum atomic E-state index is -1.29. The number of carbonyl (C=O) groups is 2. The van der Waals surface area contributed by atoms with E-state index in [4.69, 9.17) is 21.4 Å². The first-order chi connectivity index (χ1) is 17.4. The van der Waals surface area contributed by atoms with Crippen LogP contribution in [0.3, 0.4) is 0 Å². The number of hydrogen-bond acceptors (Lipinski definition) is 8. The molecule has 2 aromatic heterocycles. The molecule has 3 aliphatic heterocycles. The van der Waals surface area contributed by atoms with Gasteiger partial charge in [0.05, 0.1) is 19.9 Å². The number of hydrogen-bond donors (Lipinski definition) is 0. The molecule has 2 amide bonds. The zero-order valence-corrected chi connectivity index (χ0v) is 21.6. The van der Waals surface area contributed by atoms with E-state index in [1.54, 1.807) is 48.7 Å². The average molecular weight is 521 g/mol. The fourth-order valence-electron chi connectivity index (χ4n) is 6.09. The van der Waals surface area contributed by atoms with Crippen LogP contribution in [0.4, 0.5) is 5.69 Å². The third-order valence-electron chi connectivity index (χ3n) is 7.66. The molecule has 184 valence electrons. The predicted molar refractivity (Wildman–Crippen MR) is 140 cm³/mol. The van der Waals surface area contributed by atoms with Crippen LogP contribution in [0.15, 0.2) is 65.5 Å². The van der Waals surface area contributed by atoms with Crippen molar-refractivity contribution in [2.75, 3.05) is 32.6 Å². The van der Waals surface area contributed by atoms with Crippen molar-refractivity contribution in [3.63, 3.8) is 0 Å². The highest BCUT2D eigenvalue weighted by atomic mass is 32.2. The number of thioether (sulfide) groups is 1. The summed E-state index contributed by atoms with van der Waals surface area (Å²) >= 11 is 7.14. The maximum atomic E-state index is 14.7. The summed E-state index contributed by atoms with van der Waals surface area (Å²) in [6.45, 7) is 0.688. The van der Waals surface area contributed by atoms with Crippen LogP contribution in [0.1, 0.15) is 22.8 Å². The van der Waals surface area contributed by atoms with Gasteiger partial charge in [0, 0.05) is 43.2 Å². The van der Waals surface area contributed by atoms with Crippen molar-refractivity contribution in [3.8, 4) is 5.75 Å². The Balaban J connectivity index is 1.62. The lowest BCUT2D eigenvalue weighted by molar-refractivity contribution is -0.139. The van der Waals surface area contributed by atoms with Gasteiger partial charge in [-0.3, -0.25) is 24.4 Å². The van der Waals surface area contributed by atoms with Gasteiger partial charge in [0.25, 0.3) is 5.91 Å². The Kier molecular flexibility index (Phi) is 5.26. The van der Waals surface area contributed by atoms with E-state index in [0.717, 1.165) is 16.8 Å². The number of likely N-dealkylation sites (N-methyl/N-ethyl adjacent to an activating group) is 2. The number of methoxy groups -OCH3 is 1. The lowest BCUT2D eigenvalue weighted by Crippen LogP contribution is -2.62. The number of furan rings is 1. The monoisotopic (exact) mass is 520 g/mol. The number of amides is 2. The first-order valence-corrected chi connectivity index (χ1v) is 12.7. The second kappa shape index (κ2) is 8.16. The molecule has 6 rings (SSSR count). The number of fused-ring (bicyclic) bond motifs is 3. The molecule has 2 fully saturated rings. The van der Waals surface area contributed by atoms with Crippen molar-refractivity contribution in [1.29, 1.82) is 0 Å². The third-order valence-corrected chi connectivity index (χ3v) is 9.60. The van der Waals surface area contributed by atoms with E-state index in [2.05, 4.69) is 4.98 Å². The highest BCUT2D eigenvalue weighted by Crippen LogP contribution is 2.66. The summed E-state index contributed by atoms with van der Waals surface area (Å²) in [7, 11) is 5.26. The van der Waals surface area contributed by atoms with Crippen molar-refractivity contribution in [1.82, 2.24) is 14.8 Å². The second-order valence-corrected chi connectivity index (χ2v) is 11.1. The standard InChI is InChI=1S/C26H24N4O4S2/c1-28-15-20(16-8-10-27-11-9-16)26(23(32)30(24(35)36-26)14-18-5-4-12-34-18)25(28)19-13-17(33-3)6-7-21(19)29(2)22(25)31/h4-13,20H,14-15H2,1-3H3/t20?,25-,26+/m1/s1. The largest absolute Gasteiger partial charge is 0.497 e. The van der Waals surface area contributed by atoms with Crippen molar-refractivity contribution in [2.24, 2.45) is 0 Å². The first kappa shape index (κ1) is 23.2. The minimum absolute atomic E-state index is 0.159. The number of anilines is 1. The Bertz CT molecular complexity index is 1380. The molecule has 1 unspecified atom stereocenters. The van der Waals surface area contributed by atoms with Gasteiger partial charge in [0.2, 0.25) is 5.91 Å². The molecule has 2 spiro atoms. The van der Waals surface area contributed by atoms with Crippen molar-refractivity contribution in [3.05, 3.63) is 78.0 Å². The first-order valence-electron chi connectivity index (χ1n) is 11.5. The normalized spacial score (nSPS) is 27.6. The molecule has 36 heavy (non-hydrogen) atoms. The predicted octanol–water partition coefficient (Wildman–Crippen LogP) is 3.38. The third kappa shape index (κ3) is 2.80. The Morgan fingerprint density at radius 2 is 1.94 bits per heavy atom. The van der Waals surface area contributed by atoms with Crippen molar-refractivity contribution >= 4 is 45.8 Å². The Morgan fingerprint density at radius 1 is 1.17 bits per heavy atom. The SMILES string of the molecule is COc1ccc2c(c1)[C@]1(C(=O)N2C)N(C)CC(c2ccncc2)[C@@]12SC(=S)N(Cc1ccco1)C2=O. The van der Waals surface area contributed by atoms with E-state index in [9.17, 15) is 9.59 Å². The fraction of sp³-hybridized carbons (Fsp3) is 0.308. The summed E-state index contributed by atoms with van der Waals surface area (Å²) in [6, 6.07) is 13.0. The summed E-state index contributed by atoms with van der Waals surface area (Å²) < 4.78 is 10.3. The number of benzene rings is 1. The molecule has 1 aromatic carbocycles. The number of likely N-dealkylation sites (tertiary alicyclic amines) is 1. The quantitative estimate of drug-likeness (QED) is 0.485. The second-order valence-electron chi connectivity index (χ2n) is 9.25. The van der Waals surface area contributed by atoms with Crippen LogP contribution in [0.5, 0.6) is 5.75 Å². The molecule has 0 aliphatic carbocycles. The van der Waals surface area contributed by atoms with Crippen LogP contribution in [-0.4, -0.2) is 63.4 Å². The molecule has 10 heteroatoms. The molecule has 3 atom stereocenters. The van der Waals surface area contributed by atoms with Gasteiger partial charge in [-0.15, -0.1) is 0 Å². The van der Waals surface area contributed by atoms with Gasteiger partial charge in [0.1, 0.15) is 20.6 Å². The summed E-state index contributed by atoms with van der Waals surface area (Å²) in [5.74, 6) is 0.571. The van der Waals surface area contributed by atoms with Gasteiger partial charge in [-0.05, 0) is 55.1 Å². The Labute approximate surface area is 218 Å². The van der Waals surface area contributed by atoms with Gasteiger partial charge < -0.3 is 14.1 Å². The average Bonchev–Trinajstić information content (AvgIpc) is 3.61. The molecule has 5 heterocycles. The molecule has 2 saturated heterocycles. The van der Waals surface area contributed by atoms with Gasteiger partial charge in [-0.25, -0.2) is 0 Å². The van der Waals surface area contributed by atoms with Gasteiger partial charge in [0.15, 0.2) is 5.54 Å². The summed E-state index contributed by atoms with van der Waals surface area (Å²) in [5, 5.41) is 0. The summed E-state index contributed by atoms with van der Waals surface area (Å²) in [6.07, 6.45) is 5.01. The van der Waals surface area contributed by atoms with Crippen LogP contribution < -0.4 is 9.64 Å². The molecular formula is C26H24N4O4S2. The van der Waals surface area contributed by atoms with E-state index in [-0.39, 0.29) is 24.3 Å². The number of pyridine rings is 1. The highest BCUT2D eigenvalue weighted by Gasteiger charge is 2.78. The van der Waals surface area contributed by atoms with Gasteiger partial charge in [-0.2, -0.15) is 0 Å².